The van der Waals surface area contributed by atoms with E-state index in [1.807, 2.05) is 0 Å². The number of rotatable bonds is 6. The van der Waals surface area contributed by atoms with Gasteiger partial charge in [-0.1, -0.05) is 12.1 Å². The van der Waals surface area contributed by atoms with Crippen molar-refractivity contribution >= 4 is 23.7 Å². The second kappa shape index (κ2) is 9.17. The molecule has 0 bridgehead atoms. The van der Waals surface area contributed by atoms with Gasteiger partial charge in [-0.05, 0) is 49.4 Å². The molecule has 0 heterocycles. The maximum absolute atomic E-state index is 14.2. The van der Waals surface area contributed by atoms with Gasteiger partial charge in [0.05, 0.1) is 23.0 Å². The highest BCUT2D eigenvalue weighted by Gasteiger charge is 2.30. The molecule has 0 fully saturated rings. The summed E-state index contributed by atoms with van der Waals surface area (Å²) in [5.41, 5.74) is -0.150. The second-order valence-electron chi connectivity index (χ2n) is 6.14. The number of halogens is 7. The third-order valence-electron chi connectivity index (χ3n) is 3.91. The van der Waals surface area contributed by atoms with Gasteiger partial charge in [0, 0.05) is 11.1 Å². The van der Waals surface area contributed by atoms with Crippen LogP contribution in [0.25, 0.3) is 0 Å². The Morgan fingerprint density at radius 1 is 1.07 bits per heavy atom. The molecule has 2 aromatic carbocycles. The summed E-state index contributed by atoms with van der Waals surface area (Å²) >= 11 is 0.529. The summed E-state index contributed by atoms with van der Waals surface area (Å²) < 4.78 is 89.5. The molecule has 2 nitrogen and oxygen atoms in total. The zero-order chi connectivity index (χ0) is 21.8. The van der Waals surface area contributed by atoms with Crippen molar-refractivity contribution in [1.29, 1.82) is 0 Å². The minimum Gasteiger partial charge on any atom is -0.309 e. The maximum Gasteiger partial charge on any atom is 0.416 e. The molecule has 1 unspecified atom stereocenters. The highest BCUT2D eigenvalue weighted by molar-refractivity contribution is 7.99. The molecular formula is C19H17F7N2S. The molecule has 0 saturated heterocycles. The standard InChI is InChI=1S/C19H17F7N2S/c1-11-7-14(20)15(8-17(11)29-10-18(21,22)23)28-9-16(27-2)12-3-5-13(6-4-12)19(24,25)26/h3-9,16,27H,10H2,1-2H3. The Balaban J connectivity index is 2.24. The van der Waals surface area contributed by atoms with Gasteiger partial charge in [-0.3, -0.25) is 4.99 Å². The summed E-state index contributed by atoms with van der Waals surface area (Å²) in [4.78, 5) is 4.23. The van der Waals surface area contributed by atoms with E-state index < -0.39 is 35.5 Å². The number of aryl methyl sites for hydroxylation is 1. The molecular weight excluding hydrogens is 421 g/mol. The highest BCUT2D eigenvalue weighted by Crippen LogP contribution is 2.34. The minimum atomic E-state index is -4.46. The van der Waals surface area contributed by atoms with Crippen molar-refractivity contribution in [2.45, 2.75) is 30.2 Å². The van der Waals surface area contributed by atoms with Crippen molar-refractivity contribution in [2.24, 2.45) is 4.99 Å². The molecule has 29 heavy (non-hydrogen) atoms. The van der Waals surface area contributed by atoms with E-state index in [-0.39, 0.29) is 10.6 Å². The average Bonchev–Trinajstić information content (AvgIpc) is 2.61. The van der Waals surface area contributed by atoms with E-state index in [1.165, 1.54) is 31.3 Å². The van der Waals surface area contributed by atoms with Crippen LogP contribution in [0.15, 0.2) is 46.3 Å². The number of hydrogen-bond acceptors (Lipinski definition) is 3. The van der Waals surface area contributed by atoms with Crippen LogP contribution in [0.3, 0.4) is 0 Å². The first-order valence-corrected chi connectivity index (χ1v) is 9.27. The van der Waals surface area contributed by atoms with Crippen molar-refractivity contribution in [3.63, 3.8) is 0 Å². The number of benzene rings is 2. The Bertz CT molecular complexity index is 859. The SMILES string of the molecule is CNC(C=Nc1cc(SCC(F)(F)F)c(C)cc1F)c1ccc(C(F)(F)F)cc1. The third kappa shape index (κ3) is 6.74. The Labute approximate surface area is 167 Å². The minimum absolute atomic E-state index is 0.160. The molecule has 2 aromatic rings. The van der Waals surface area contributed by atoms with E-state index in [9.17, 15) is 30.7 Å². The van der Waals surface area contributed by atoms with Crippen LogP contribution in [-0.2, 0) is 6.18 Å². The van der Waals surface area contributed by atoms with Gasteiger partial charge in [0.25, 0.3) is 0 Å². The first-order chi connectivity index (χ1) is 13.4. The van der Waals surface area contributed by atoms with Crippen molar-refractivity contribution in [3.8, 4) is 0 Å². The lowest BCUT2D eigenvalue weighted by molar-refractivity contribution is -0.137. The molecule has 1 atom stereocenters. The molecule has 0 amide bonds. The zero-order valence-corrected chi connectivity index (χ0v) is 16.1. The lowest BCUT2D eigenvalue weighted by atomic mass is 10.1. The molecule has 0 radical (unpaired) electrons. The normalized spacial score (nSPS) is 13.8. The molecule has 0 spiro atoms. The van der Waals surface area contributed by atoms with Crippen LogP contribution in [0, 0.1) is 12.7 Å². The van der Waals surface area contributed by atoms with Crippen LogP contribution in [0.2, 0.25) is 0 Å². The van der Waals surface area contributed by atoms with Crippen LogP contribution in [-0.4, -0.2) is 25.2 Å². The monoisotopic (exact) mass is 438 g/mol. The van der Waals surface area contributed by atoms with Gasteiger partial charge in [-0.15, -0.1) is 11.8 Å². The number of aliphatic imine (C=N–C) groups is 1. The number of alkyl halides is 6. The van der Waals surface area contributed by atoms with Crippen LogP contribution >= 0.6 is 11.8 Å². The number of nitrogens with one attached hydrogen (secondary N) is 1. The fourth-order valence-corrected chi connectivity index (χ4v) is 3.22. The maximum atomic E-state index is 14.2. The fourth-order valence-electron chi connectivity index (χ4n) is 2.42. The third-order valence-corrected chi connectivity index (χ3v) is 5.13. The second-order valence-corrected chi connectivity index (χ2v) is 7.15. The molecule has 0 aromatic heterocycles. The highest BCUT2D eigenvalue weighted by atomic mass is 32.2. The van der Waals surface area contributed by atoms with E-state index in [0.29, 0.717) is 22.9 Å². The number of thioether (sulfide) groups is 1. The van der Waals surface area contributed by atoms with E-state index in [4.69, 9.17) is 0 Å². The lowest BCUT2D eigenvalue weighted by Gasteiger charge is -2.14. The van der Waals surface area contributed by atoms with Crippen molar-refractivity contribution in [1.82, 2.24) is 5.32 Å². The Hall–Kier alpha value is -2.07. The smallest absolute Gasteiger partial charge is 0.309 e. The molecule has 0 aliphatic heterocycles. The molecule has 158 valence electrons. The summed E-state index contributed by atoms with van der Waals surface area (Å²) in [6.45, 7) is 1.49. The van der Waals surface area contributed by atoms with Gasteiger partial charge in [0.15, 0.2) is 0 Å². The average molecular weight is 438 g/mol. The van der Waals surface area contributed by atoms with Gasteiger partial charge in [-0.25, -0.2) is 4.39 Å². The van der Waals surface area contributed by atoms with Gasteiger partial charge in [-0.2, -0.15) is 26.3 Å². The molecule has 10 heteroatoms. The molecule has 1 N–H and O–H groups in total. The van der Waals surface area contributed by atoms with Gasteiger partial charge >= 0.3 is 12.4 Å². The fraction of sp³-hybridized carbons (Fsp3) is 0.316. The Morgan fingerprint density at radius 2 is 1.69 bits per heavy atom. The predicted octanol–water partition coefficient (Wildman–Crippen LogP) is 6.47. The van der Waals surface area contributed by atoms with Gasteiger partial charge in [0.2, 0.25) is 0 Å². The van der Waals surface area contributed by atoms with Crippen molar-refractivity contribution < 1.29 is 30.7 Å². The Kier molecular flexibility index (Phi) is 7.34. The lowest BCUT2D eigenvalue weighted by Crippen LogP contribution is -2.18. The first-order valence-electron chi connectivity index (χ1n) is 8.29. The van der Waals surface area contributed by atoms with Gasteiger partial charge in [0.1, 0.15) is 5.82 Å². The zero-order valence-electron chi connectivity index (χ0n) is 15.3. The predicted molar refractivity (Wildman–Crippen MR) is 99.3 cm³/mol. The number of hydrogen-bond donors (Lipinski definition) is 1. The van der Waals surface area contributed by atoms with E-state index >= 15 is 0 Å². The molecule has 0 saturated carbocycles. The van der Waals surface area contributed by atoms with Crippen LogP contribution in [0.5, 0.6) is 0 Å². The topological polar surface area (TPSA) is 24.4 Å². The summed E-state index contributed by atoms with van der Waals surface area (Å²) in [5.74, 6) is -1.83. The van der Waals surface area contributed by atoms with E-state index in [1.54, 1.807) is 7.05 Å². The van der Waals surface area contributed by atoms with E-state index in [2.05, 4.69) is 10.3 Å². The van der Waals surface area contributed by atoms with Crippen molar-refractivity contribution in [2.75, 3.05) is 12.8 Å². The van der Waals surface area contributed by atoms with E-state index in [0.717, 1.165) is 18.2 Å². The largest absolute Gasteiger partial charge is 0.416 e. The summed E-state index contributed by atoms with van der Waals surface area (Å²) in [6, 6.07) is 6.08. The van der Waals surface area contributed by atoms with Gasteiger partial charge < -0.3 is 5.32 Å². The van der Waals surface area contributed by atoms with Crippen LogP contribution in [0.1, 0.15) is 22.7 Å². The quantitative estimate of drug-likeness (QED) is 0.318. The van der Waals surface area contributed by atoms with Crippen LogP contribution in [0.4, 0.5) is 36.4 Å². The number of nitrogens with zero attached hydrogens (tertiary/aromatic N) is 1. The summed E-state index contributed by atoms with van der Waals surface area (Å²) in [5, 5.41) is 2.83. The summed E-state index contributed by atoms with van der Waals surface area (Å²) in [6.07, 6.45) is -7.54. The Morgan fingerprint density at radius 3 is 2.21 bits per heavy atom. The van der Waals surface area contributed by atoms with Crippen LogP contribution < -0.4 is 5.32 Å². The summed E-state index contributed by atoms with van der Waals surface area (Å²) in [7, 11) is 1.55. The molecule has 0 aliphatic rings. The first kappa shape index (κ1) is 23.2. The van der Waals surface area contributed by atoms with Crippen molar-refractivity contribution in [3.05, 3.63) is 58.9 Å². The molecule has 2 rings (SSSR count). The molecule has 0 aliphatic carbocycles.